The molecule has 38 heavy (non-hydrogen) atoms. The Bertz CT molecular complexity index is 1550. The first-order valence-electron chi connectivity index (χ1n) is 11.9. The number of para-hydroxylation sites is 1. The Morgan fingerprint density at radius 1 is 0.895 bits per heavy atom. The molecule has 2 amide bonds. The molecule has 2 heterocycles. The highest BCUT2D eigenvalue weighted by Crippen LogP contribution is 2.29. The van der Waals surface area contributed by atoms with Gasteiger partial charge in [-0.2, -0.15) is 0 Å². The number of carbonyl (C=O) groups is 2. The smallest absolute Gasteiger partial charge is 0.259 e. The van der Waals surface area contributed by atoms with Crippen LogP contribution in [0.15, 0.2) is 77.8 Å². The number of carbonyl (C=O) groups excluding carboxylic acids is 2. The molecule has 0 bridgehead atoms. The van der Waals surface area contributed by atoms with Crippen LogP contribution in [0.5, 0.6) is 0 Å². The molecule has 190 valence electrons. The van der Waals surface area contributed by atoms with Crippen LogP contribution in [0.25, 0.3) is 10.9 Å². The number of pyridine rings is 1. The summed E-state index contributed by atoms with van der Waals surface area (Å²) in [6.45, 7) is 0.789. The van der Waals surface area contributed by atoms with Gasteiger partial charge in [0, 0.05) is 48.9 Å². The molecule has 1 aromatic heterocycles. The van der Waals surface area contributed by atoms with Crippen LogP contribution in [0, 0.1) is 24.0 Å². The second-order valence-corrected chi connectivity index (χ2v) is 9.47. The minimum Gasteiger partial charge on any atom is -0.335 e. The summed E-state index contributed by atoms with van der Waals surface area (Å²) in [6, 6.07) is 18.2. The lowest BCUT2D eigenvalue weighted by molar-refractivity contribution is 0.0530. The molecule has 6 nitrogen and oxygen atoms in total. The van der Waals surface area contributed by atoms with Gasteiger partial charge in [-0.1, -0.05) is 30.2 Å². The Kier molecular flexibility index (Phi) is 7.24. The van der Waals surface area contributed by atoms with Gasteiger partial charge in [-0.05, 0) is 54.4 Å². The van der Waals surface area contributed by atoms with Crippen molar-refractivity contribution < 1.29 is 18.4 Å². The van der Waals surface area contributed by atoms with Crippen molar-refractivity contribution in [3.8, 4) is 12.3 Å². The monoisotopic (exact) mass is 528 g/mol. The Balaban J connectivity index is 1.25. The summed E-state index contributed by atoms with van der Waals surface area (Å²) in [5.74, 6) is -0.134. The second-order valence-electron chi connectivity index (χ2n) is 8.62. The first-order chi connectivity index (χ1) is 18.5. The molecule has 4 aromatic rings. The maximum atomic E-state index is 14.0. The number of fused-ring (bicyclic) bond motifs is 1. The zero-order valence-electron chi connectivity index (χ0n) is 20.2. The van der Waals surface area contributed by atoms with Crippen LogP contribution in [-0.4, -0.2) is 52.8 Å². The van der Waals surface area contributed by atoms with E-state index in [1.54, 1.807) is 29.3 Å². The van der Waals surface area contributed by atoms with Crippen molar-refractivity contribution in [1.29, 1.82) is 0 Å². The van der Waals surface area contributed by atoms with Gasteiger partial charge in [-0.15, -0.1) is 6.42 Å². The molecular formula is C29H22F2N4O2S. The van der Waals surface area contributed by atoms with Crippen molar-refractivity contribution in [2.24, 2.45) is 0 Å². The molecule has 1 N–H and O–H groups in total. The maximum absolute atomic E-state index is 14.0. The Hall–Kier alpha value is -4.42. The number of hydrogen-bond acceptors (Lipinski definition) is 5. The van der Waals surface area contributed by atoms with Gasteiger partial charge in [0.15, 0.2) is 0 Å². The SMILES string of the molecule is C#Cc1cc(C(=O)N2CCN(C(=O)c3c(F)cccc3F)CC2)ccc1NSc1cccc2cccnc12. The second kappa shape index (κ2) is 10.9. The van der Waals surface area contributed by atoms with E-state index in [1.165, 1.54) is 22.9 Å². The molecule has 0 saturated carbocycles. The van der Waals surface area contributed by atoms with Crippen molar-refractivity contribution in [1.82, 2.24) is 14.8 Å². The van der Waals surface area contributed by atoms with Gasteiger partial charge in [-0.25, -0.2) is 8.78 Å². The molecule has 1 aliphatic rings. The molecule has 3 aromatic carbocycles. The van der Waals surface area contributed by atoms with E-state index >= 15 is 0 Å². The van der Waals surface area contributed by atoms with E-state index in [2.05, 4.69) is 15.6 Å². The number of rotatable bonds is 5. The highest BCUT2D eigenvalue weighted by Gasteiger charge is 2.28. The third-order valence-electron chi connectivity index (χ3n) is 6.32. The fourth-order valence-electron chi connectivity index (χ4n) is 4.31. The molecule has 1 fully saturated rings. The predicted molar refractivity (Wildman–Crippen MR) is 144 cm³/mol. The summed E-state index contributed by atoms with van der Waals surface area (Å²) in [4.78, 5) is 34.2. The van der Waals surface area contributed by atoms with Crippen LogP contribution in [0.4, 0.5) is 14.5 Å². The standard InChI is InChI=1S/C29H22F2N4O2S/c1-2-19-18-21(11-12-24(19)33-38-25-10-3-6-20-7-5-13-32-27(20)25)28(36)34-14-16-35(17-15-34)29(37)26-22(30)8-4-9-23(26)31/h1,3-13,18,33H,14-17H2. The van der Waals surface area contributed by atoms with E-state index in [-0.39, 0.29) is 32.1 Å². The number of terminal acetylenes is 1. The summed E-state index contributed by atoms with van der Waals surface area (Å²) < 4.78 is 31.3. The molecule has 0 spiro atoms. The zero-order chi connectivity index (χ0) is 26.6. The van der Waals surface area contributed by atoms with Crippen LogP contribution in [0.3, 0.4) is 0 Å². The van der Waals surface area contributed by atoms with E-state index in [1.807, 2.05) is 30.3 Å². The predicted octanol–water partition coefficient (Wildman–Crippen LogP) is 5.21. The topological polar surface area (TPSA) is 65.5 Å². The fraction of sp³-hybridized carbons (Fsp3) is 0.138. The fourth-order valence-corrected chi connectivity index (χ4v) is 5.12. The molecular weight excluding hydrogens is 506 g/mol. The average molecular weight is 529 g/mol. The Morgan fingerprint density at radius 2 is 1.55 bits per heavy atom. The van der Waals surface area contributed by atoms with Crippen molar-refractivity contribution in [2.45, 2.75) is 4.90 Å². The highest BCUT2D eigenvalue weighted by atomic mass is 32.2. The van der Waals surface area contributed by atoms with Crippen molar-refractivity contribution in [3.63, 3.8) is 0 Å². The minimum atomic E-state index is -0.904. The summed E-state index contributed by atoms with van der Waals surface area (Å²) in [5, 5.41) is 1.03. The number of aromatic nitrogens is 1. The first-order valence-corrected chi connectivity index (χ1v) is 12.7. The van der Waals surface area contributed by atoms with Crippen molar-refractivity contribution in [2.75, 3.05) is 30.9 Å². The largest absolute Gasteiger partial charge is 0.335 e. The average Bonchev–Trinajstić information content (AvgIpc) is 2.95. The number of anilines is 1. The van der Waals surface area contributed by atoms with E-state index in [0.29, 0.717) is 16.8 Å². The lowest BCUT2D eigenvalue weighted by atomic mass is 10.1. The normalized spacial score (nSPS) is 13.3. The van der Waals surface area contributed by atoms with Crippen LogP contribution < -0.4 is 4.72 Å². The van der Waals surface area contributed by atoms with Crippen LogP contribution in [-0.2, 0) is 0 Å². The summed E-state index contributed by atoms with van der Waals surface area (Å²) in [7, 11) is 0. The third-order valence-corrected chi connectivity index (χ3v) is 7.19. The first kappa shape index (κ1) is 25.2. The van der Waals surface area contributed by atoms with Crippen LogP contribution in [0.2, 0.25) is 0 Å². The van der Waals surface area contributed by atoms with Crippen LogP contribution >= 0.6 is 11.9 Å². The van der Waals surface area contributed by atoms with E-state index in [4.69, 9.17) is 6.42 Å². The van der Waals surface area contributed by atoms with Gasteiger partial charge in [0.05, 0.1) is 16.1 Å². The van der Waals surface area contributed by atoms with Gasteiger partial charge < -0.3 is 14.5 Å². The number of piperazine rings is 1. The van der Waals surface area contributed by atoms with E-state index in [9.17, 15) is 18.4 Å². The number of amides is 2. The summed E-state index contributed by atoms with van der Waals surface area (Å²) in [6.07, 6.45) is 7.49. The number of benzene rings is 3. The number of nitrogens with zero attached hydrogens (tertiary/aromatic N) is 3. The lowest BCUT2D eigenvalue weighted by Crippen LogP contribution is -2.50. The molecule has 0 atom stereocenters. The highest BCUT2D eigenvalue weighted by molar-refractivity contribution is 8.00. The van der Waals surface area contributed by atoms with Crippen molar-refractivity contribution >= 4 is 40.4 Å². The molecule has 0 aliphatic carbocycles. The lowest BCUT2D eigenvalue weighted by Gasteiger charge is -2.35. The van der Waals surface area contributed by atoms with Gasteiger partial charge >= 0.3 is 0 Å². The Labute approximate surface area is 222 Å². The van der Waals surface area contributed by atoms with Crippen LogP contribution in [0.1, 0.15) is 26.3 Å². The molecule has 0 unspecified atom stereocenters. The maximum Gasteiger partial charge on any atom is 0.259 e. The number of nitrogens with one attached hydrogen (secondary N) is 1. The summed E-state index contributed by atoms with van der Waals surface area (Å²) >= 11 is 1.38. The number of hydrogen-bond donors (Lipinski definition) is 1. The Morgan fingerprint density at radius 3 is 2.26 bits per heavy atom. The summed E-state index contributed by atoms with van der Waals surface area (Å²) in [5.41, 5.74) is 1.92. The molecule has 1 saturated heterocycles. The van der Waals surface area contributed by atoms with Gasteiger partial charge in [0.25, 0.3) is 11.8 Å². The third kappa shape index (κ3) is 5.04. The van der Waals surface area contributed by atoms with Gasteiger partial charge in [0.2, 0.25) is 0 Å². The number of halogens is 2. The van der Waals surface area contributed by atoms with Crippen molar-refractivity contribution in [3.05, 3.63) is 101 Å². The molecule has 9 heteroatoms. The van der Waals surface area contributed by atoms with E-state index < -0.39 is 23.1 Å². The molecule has 1 aliphatic heterocycles. The van der Waals surface area contributed by atoms with Gasteiger partial charge in [0.1, 0.15) is 17.2 Å². The van der Waals surface area contributed by atoms with Gasteiger partial charge in [-0.3, -0.25) is 14.6 Å². The molecule has 5 rings (SSSR count). The molecule has 0 radical (unpaired) electrons. The zero-order valence-corrected chi connectivity index (χ0v) is 21.0. The minimum absolute atomic E-state index is 0.162. The van der Waals surface area contributed by atoms with E-state index in [0.717, 1.165) is 27.9 Å². The quantitative estimate of drug-likeness (QED) is 0.285.